The molecule has 0 unspecified atom stereocenters. The Morgan fingerprint density at radius 2 is 1.92 bits per heavy atom. The molecular formula is C20H24N2O3. The van der Waals surface area contributed by atoms with Crippen LogP contribution in [0, 0.1) is 0 Å². The molecule has 132 valence electrons. The van der Waals surface area contributed by atoms with Gasteiger partial charge in [-0.3, -0.25) is 4.79 Å². The van der Waals surface area contributed by atoms with Gasteiger partial charge in [0.1, 0.15) is 0 Å². The third-order valence-corrected chi connectivity index (χ3v) is 4.60. The first kappa shape index (κ1) is 17.1. The van der Waals surface area contributed by atoms with Crippen molar-refractivity contribution in [1.82, 2.24) is 5.32 Å². The Balaban J connectivity index is 1.60. The number of hydrogen-bond acceptors (Lipinski definition) is 4. The van der Waals surface area contributed by atoms with Crippen molar-refractivity contribution in [3.8, 4) is 11.5 Å². The fourth-order valence-electron chi connectivity index (χ4n) is 3.27. The van der Waals surface area contributed by atoms with Crippen molar-refractivity contribution >= 4 is 11.6 Å². The van der Waals surface area contributed by atoms with Crippen molar-refractivity contribution in [2.45, 2.75) is 25.9 Å². The Bertz CT molecular complexity index is 760. The first-order valence-corrected chi connectivity index (χ1v) is 8.44. The van der Waals surface area contributed by atoms with Gasteiger partial charge >= 0.3 is 0 Å². The van der Waals surface area contributed by atoms with Gasteiger partial charge in [-0.15, -0.1) is 0 Å². The number of carbonyl (C=O) groups is 1. The second-order valence-corrected chi connectivity index (χ2v) is 6.28. The van der Waals surface area contributed by atoms with Gasteiger partial charge < -0.3 is 19.7 Å². The lowest BCUT2D eigenvalue weighted by atomic mass is 10.1. The van der Waals surface area contributed by atoms with Crippen LogP contribution in [-0.2, 0) is 17.8 Å². The molecule has 25 heavy (non-hydrogen) atoms. The molecule has 0 spiro atoms. The molecule has 0 saturated heterocycles. The van der Waals surface area contributed by atoms with E-state index in [-0.39, 0.29) is 5.91 Å². The largest absolute Gasteiger partial charge is 0.493 e. The number of rotatable bonds is 6. The molecular weight excluding hydrogens is 316 g/mol. The summed E-state index contributed by atoms with van der Waals surface area (Å²) in [5.41, 5.74) is 3.44. The predicted octanol–water partition coefficient (Wildman–Crippen LogP) is 2.77. The molecule has 0 aromatic heterocycles. The van der Waals surface area contributed by atoms with Crippen LogP contribution < -0.4 is 19.7 Å². The minimum Gasteiger partial charge on any atom is -0.493 e. The van der Waals surface area contributed by atoms with Crippen LogP contribution in [0.25, 0.3) is 0 Å². The first-order valence-electron chi connectivity index (χ1n) is 8.44. The van der Waals surface area contributed by atoms with Crippen molar-refractivity contribution in [3.63, 3.8) is 0 Å². The molecule has 0 radical (unpaired) electrons. The minimum atomic E-state index is 0.0123. The van der Waals surface area contributed by atoms with Gasteiger partial charge in [0, 0.05) is 18.3 Å². The van der Waals surface area contributed by atoms with E-state index in [0.717, 1.165) is 17.7 Å². The molecule has 1 heterocycles. The van der Waals surface area contributed by atoms with E-state index < -0.39 is 0 Å². The number of nitrogens with zero attached hydrogens (tertiary/aromatic N) is 1. The standard InChI is InChI=1S/C20H24N2O3/c1-14-10-16-6-4-5-7-17(16)22(14)13-20(23)21-12-15-8-9-18(24-2)19(11-15)25-3/h4-9,11,14H,10,12-13H2,1-3H3,(H,21,23)/t14-/m0/s1. The van der Waals surface area contributed by atoms with Crippen molar-refractivity contribution < 1.29 is 14.3 Å². The van der Waals surface area contributed by atoms with Crippen LogP contribution in [0.2, 0.25) is 0 Å². The fraction of sp³-hybridized carbons (Fsp3) is 0.350. The summed E-state index contributed by atoms with van der Waals surface area (Å²) < 4.78 is 10.5. The molecule has 1 aliphatic rings. The highest BCUT2D eigenvalue weighted by Gasteiger charge is 2.26. The van der Waals surface area contributed by atoms with Crippen LogP contribution in [0.1, 0.15) is 18.1 Å². The monoisotopic (exact) mass is 340 g/mol. The third-order valence-electron chi connectivity index (χ3n) is 4.60. The number of nitrogens with one attached hydrogen (secondary N) is 1. The van der Waals surface area contributed by atoms with Gasteiger partial charge in [0.25, 0.3) is 0 Å². The summed E-state index contributed by atoms with van der Waals surface area (Å²) in [5.74, 6) is 1.36. The van der Waals surface area contributed by atoms with E-state index in [9.17, 15) is 4.79 Å². The molecule has 3 rings (SSSR count). The van der Waals surface area contributed by atoms with Gasteiger partial charge in [0.15, 0.2) is 11.5 Å². The number of methoxy groups -OCH3 is 2. The smallest absolute Gasteiger partial charge is 0.239 e. The van der Waals surface area contributed by atoms with Gasteiger partial charge in [-0.1, -0.05) is 24.3 Å². The maximum absolute atomic E-state index is 12.4. The molecule has 5 heteroatoms. The maximum Gasteiger partial charge on any atom is 0.239 e. The van der Waals surface area contributed by atoms with E-state index in [1.165, 1.54) is 5.56 Å². The van der Waals surface area contributed by atoms with Crippen LogP contribution in [0.15, 0.2) is 42.5 Å². The number of amides is 1. The van der Waals surface area contributed by atoms with Gasteiger partial charge in [-0.25, -0.2) is 0 Å². The highest BCUT2D eigenvalue weighted by Crippen LogP contribution is 2.31. The molecule has 0 aliphatic carbocycles. The van der Waals surface area contributed by atoms with Crippen LogP contribution in [-0.4, -0.2) is 32.7 Å². The Morgan fingerprint density at radius 3 is 2.68 bits per heavy atom. The molecule has 1 atom stereocenters. The highest BCUT2D eigenvalue weighted by atomic mass is 16.5. The zero-order valence-electron chi connectivity index (χ0n) is 14.9. The van der Waals surface area contributed by atoms with E-state index in [1.54, 1.807) is 14.2 Å². The van der Waals surface area contributed by atoms with E-state index in [0.29, 0.717) is 30.6 Å². The fourth-order valence-corrected chi connectivity index (χ4v) is 3.27. The molecule has 0 bridgehead atoms. The maximum atomic E-state index is 12.4. The molecule has 2 aromatic carbocycles. The van der Waals surface area contributed by atoms with Crippen molar-refractivity contribution in [3.05, 3.63) is 53.6 Å². The number of ether oxygens (including phenoxy) is 2. The second-order valence-electron chi connectivity index (χ2n) is 6.28. The van der Waals surface area contributed by atoms with Gasteiger partial charge in [-0.2, -0.15) is 0 Å². The molecule has 0 saturated carbocycles. The van der Waals surface area contributed by atoms with Crippen molar-refractivity contribution in [2.24, 2.45) is 0 Å². The highest BCUT2D eigenvalue weighted by molar-refractivity contribution is 5.82. The average molecular weight is 340 g/mol. The normalized spacial score (nSPS) is 15.6. The number of hydrogen-bond donors (Lipinski definition) is 1. The predicted molar refractivity (Wildman–Crippen MR) is 98.3 cm³/mol. The molecule has 2 aromatic rings. The lowest BCUT2D eigenvalue weighted by molar-refractivity contribution is -0.120. The first-order chi connectivity index (χ1) is 12.1. The number of benzene rings is 2. The third kappa shape index (κ3) is 3.71. The number of fused-ring (bicyclic) bond motifs is 1. The number of para-hydroxylation sites is 1. The SMILES string of the molecule is COc1ccc(CNC(=O)CN2c3ccccc3C[C@@H]2C)cc1OC. The molecule has 0 fully saturated rings. The molecule has 5 nitrogen and oxygen atoms in total. The zero-order chi connectivity index (χ0) is 17.8. The van der Waals surface area contributed by atoms with Crippen molar-refractivity contribution in [1.29, 1.82) is 0 Å². The van der Waals surface area contributed by atoms with Gasteiger partial charge in [0.05, 0.1) is 20.8 Å². The lowest BCUT2D eigenvalue weighted by Crippen LogP contribution is -2.39. The summed E-state index contributed by atoms with van der Waals surface area (Å²) in [5, 5.41) is 2.99. The molecule has 1 aliphatic heterocycles. The van der Waals surface area contributed by atoms with E-state index in [1.807, 2.05) is 30.3 Å². The summed E-state index contributed by atoms with van der Waals surface area (Å²) >= 11 is 0. The Kier molecular flexibility index (Phi) is 5.12. The Morgan fingerprint density at radius 1 is 1.16 bits per heavy atom. The van der Waals surface area contributed by atoms with E-state index in [4.69, 9.17) is 9.47 Å². The Labute approximate surface area is 148 Å². The topological polar surface area (TPSA) is 50.8 Å². The van der Waals surface area contributed by atoms with Crippen LogP contribution >= 0.6 is 0 Å². The van der Waals surface area contributed by atoms with Crippen LogP contribution in [0.5, 0.6) is 11.5 Å². The summed E-state index contributed by atoms with van der Waals surface area (Å²) in [7, 11) is 3.21. The Hall–Kier alpha value is -2.69. The van der Waals surface area contributed by atoms with E-state index >= 15 is 0 Å². The van der Waals surface area contributed by atoms with Gasteiger partial charge in [0.2, 0.25) is 5.91 Å². The number of carbonyl (C=O) groups excluding carboxylic acids is 1. The molecule has 1 amide bonds. The quantitative estimate of drug-likeness (QED) is 0.878. The summed E-state index contributed by atoms with van der Waals surface area (Å²) in [6.45, 7) is 2.98. The summed E-state index contributed by atoms with van der Waals surface area (Å²) in [6.07, 6.45) is 0.985. The lowest BCUT2D eigenvalue weighted by Gasteiger charge is -2.24. The average Bonchev–Trinajstić information content (AvgIpc) is 2.95. The van der Waals surface area contributed by atoms with Crippen LogP contribution in [0.4, 0.5) is 5.69 Å². The summed E-state index contributed by atoms with van der Waals surface area (Å²) in [6, 6.07) is 14.3. The van der Waals surface area contributed by atoms with E-state index in [2.05, 4.69) is 29.3 Å². The minimum absolute atomic E-state index is 0.0123. The summed E-state index contributed by atoms with van der Waals surface area (Å²) in [4.78, 5) is 14.6. The zero-order valence-corrected chi connectivity index (χ0v) is 14.9. The van der Waals surface area contributed by atoms with Gasteiger partial charge in [-0.05, 0) is 42.7 Å². The second kappa shape index (κ2) is 7.47. The van der Waals surface area contributed by atoms with Crippen molar-refractivity contribution in [2.75, 3.05) is 25.7 Å². The molecule has 1 N–H and O–H groups in total. The van der Waals surface area contributed by atoms with Crippen LogP contribution in [0.3, 0.4) is 0 Å². The number of anilines is 1.